The number of anilines is 1. The lowest BCUT2D eigenvalue weighted by Gasteiger charge is -2.08. The Morgan fingerprint density at radius 2 is 1.89 bits per heavy atom. The third-order valence-corrected chi connectivity index (χ3v) is 2.63. The van der Waals surface area contributed by atoms with Crippen molar-refractivity contribution in [3.8, 4) is 0 Å². The normalized spacial score (nSPS) is 10.3. The highest BCUT2D eigenvalue weighted by atomic mass is 15.0. The lowest BCUT2D eigenvalue weighted by atomic mass is 10.1. The minimum atomic E-state index is 0.816. The van der Waals surface area contributed by atoms with E-state index in [1.807, 2.05) is 30.6 Å². The molecule has 0 bridgehead atoms. The highest BCUT2D eigenvalue weighted by Gasteiger charge is 2.04. The third kappa shape index (κ3) is 3.26. The van der Waals surface area contributed by atoms with E-state index in [0.717, 1.165) is 36.7 Å². The van der Waals surface area contributed by atoms with Crippen molar-refractivity contribution in [2.75, 3.05) is 11.9 Å². The summed E-state index contributed by atoms with van der Waals surface area (Å²) in [7, 11) is 0. The summed E-state index contributed by atoms with van der Waals surface area (Å²) < 4.78 is 0. The van der Waals surface area contributed by atoms with Crippen LogP contribution in [0.15, 0.2) is 30.6 Å². The van der Waals surface area contributed by atoms with Crippen molar-refractivity contribution in [3.05, 3.63) is 47.7 Å². The van der Waals surface area contributed by atoms with Gasteiger partial charge < -0.3 is 5.32 Å². The van der Waals surface area contributed by atoms with E-state index in [0.29, 0.717) is 0 Å². The lowest BCUT2D eigenvalue weighted by Crippen LogP contribution is -2.06. The van der Waals surface area contributed by atoms with E-state index in [4.69, 9.17) is 0 Å². The van der Waals surface area contributed by atoms with Gasteiger partial charge in [0.25, 0.3) is 0 Å². The standard InChI is InChI=1S/C14H18N4/c1-3-13-17-12(10-14(18-13)16-4-2)9-11-5-7-15-8-6-11/h5-8,10H,3-4,9H2,1-2H3,(H,16,17,18). The number of aromatic nitrogens is 3. The Balaban J connectivity index is 2.24. The molecule has 0 aliphatic carbocycles. The largest absolute Gasteiger partial charge is 0.370 e. The first kappa shape index (κ1) is 12.5. The molecular weight excluding hydrogens is 224 g/mol. The van der Waals surface area contributed by atoms with Crippen LogP contribution in [0.3, 0.4) is 0 Å². The van der Waals surface area contributed by atoms with Gasteiger partial charge in [0.05, 0.1) is 5.69 Å². The molecule has 1 N–H and O–H groups in total. The number of aryl methyl sites for hydroxylation is 1. The van der Waals surface area contributed by atoms with E-state index in [9.17, 15) is 0 Å². The van der Waals surface area contributed by atoms with Crippen LogP contribution in [0.4, 0.5) is 5.82 Å². The van der Waals surface area contributed by atoms with E-state index in [2.05, 4.69) is 34.1 Å². The Morgan fingerprint density at radius 1 is 1.11 bits per heavy atom. The average molecular weight is 242 g/mol. The van der Waals surface area contributed by atoms with Crippen LogP contribution >= 0.6 is 0 Å². The molecule has 0 unspecified atom stereocenters. The first-order chi connectivity index (χ1) is 8.81. The van der Waals surface area contributed by atoms with Crippen LogP contribution in [0.25, 0.3) is 0 Å². The molecule has 0 saturated heterocycles. The van der Waals surface area contributed by atoms with E-state index in [-0.39, 0.29) is 0 Å². The lowest BCUT2D eigenvalue weighted by molar-refractivity contribution is 0.895. The maximum absolute atomic E-state index is 4.56. The van der Waals surface area contributed by atoms with Crippen LogP contribution < -0.4 is 5.32 Å². The van der Waals surface area contributed by atoms with Crippen LogP contribution in [-0.2, 0) is 12.8 Å². The molecule has 0 radical (unpaired) electrons. The van der Waals surface area contributed by atoms with Gasteiger partial charge in [-0.1, -0.05) is 6.92 Å². The number of rotatable bonds is 5. The van der Waals surface area contributed by atoms with Crippen molar-refractivity contribution in [3.63, 3.8) is 0 Å². The van der Waals surface area contributed by atoms with Crippen molar-refractivity contribution in [1.82, 2.24) is 15.0 Å². The molecule has 2 heterocycles. The van der Waals surface area contributed by atoms with Gasteiger partial charge in [0, 0.05) is 37.8 Å². The van der Waals surface area contributed by atoms with Gasteiger partial charge in [0.2, 0.25) is 0 Å². The molecule has 0 atom stereocenters. The molecular formula is C14H18N4. The maximum atomic E-state index is 4.56. The zero-order valence-electron chi connectivity index (χ0n) is 10.8. The fourth-order valence-corrected chi connectivity index (χ4v) is 1.78. The molecule has 94 valence electrons. The summed E-state index contributed by atoms with van der Waals surface area (Å²) in [5.41, 5.74) is 2.26. The first-order valence-corrected chi connectivity index (χ1v) is 6.31. The summed E-state index contributed by atoms with van der Waals surface area (Å²) in [6.07, 6.45) is 5.28. The second kappa shape index (κ2) is 6.10. The molecule has 2 rings (SSSR count). The van der Waals surface area contributed by atoms with Crippen LogP contribution in [0.2, 0.25) is 0 Å². The molecule has 18 heavy (non-hydrogen) atoms. The van der Waals surface area contributed by atoms with Crippen LogP contribution in [0, 0.1) is 0 Å². The predicted molar refractivity (Wildman–Crippen MR) is 72.6 cm³/mol. The predicted octanol–water partition coefficient (Wildman–Crippen LogP) is 2.46. The fourth-order valence-electron chi connectivity index (χ4n) is 1.78. The Hall–Kier alpha value is -1.97. The highest BCUT2D eigenvalue weighted by molar-refractivity contribution is 5.37. The number of hydrogen-bond donors (Lipinski definition) is 1. The third-order valence-electron chi connectivity index (χ3n) is 2.63. The van der Waals surface area contributed by atoms with Gasteiger partial charge in [-0.15, -0.1) is 0 Å². The van der Waals surface area contributed by atoms with E-state index in [1.54, 1.807) is 0 Å². The van der Waals surface area contributed by atoms with E-state index >= 15 is 0 Å². The highest BCUT2D eigenvalue weighted by Crippen LogP contribution is 2.11. The molecule has 2 aromatic heterocycles. The summed E-state index contributed by atoms with van der Waals surface area (Å²) in [5, 5.41) is 3.24. The molecule has 2 aromatic rings. The SMILES string of the molecule is CCNc1cc(Cc2ccncc2)nc(CC)n1. The van der Waals surface area contributed by atoms with Gasteiger partial charge in [0.1, 0.15) is 11.6 Å². The maximum Gasteiger partial charge on any atom is 0.130 e. The van der Waals surface area contributed by atoms with Crippen LogP contribution in [0.1, 0.15) is 30.9 Å². The van der Waals surface area contributed by atoms with Gasteiger partial charge in [-0.2, -0.15) is 0 Å². The van der Waals surface area contributed by atoms with Crippen molar-refractivity contribution in [1.29, 1.82) is 0 Å². The van der Waals surface area contributed by atoms with Crippen molar-refractivity contribution < 1.29 is 0 Å². The molecule has 0 aromatic carbocycles. The number of nitrogens with one attached hydrogen (secondary N) is 1. The minimum Gasteiger partial charge on any atom is -0.370 e. The Morgan fingerprint density at radius 3 is 2.56 bits per heavy atom. The Kier molecular flexibility index (Phi) is 4.23. The van der Waals surface area contributed by atoms with Crippen molar-refractivity contribution in [2.45, 2.75) is 26.7 Å². The molecule has 4 nitrogen and oxygen atoms in total. The monoisotopic (exact) mass is 242 g/mol. The van der Waals surface area contributed by atoms with Crippen molar-refractivity contribution >= 4 is 5.82 Å². The van der Waals surface area contributed by atoms with Crippen molar-refractivity contribution in [2.24, 2.45) is 0 Å². The molecule has 0 spiro atoms. The summed E-state index contributed by atoms with van der Waals surface area (Å²) >= 11 is 0. The molecule has 0 amide bonds. The quantitative estimate of drug-likeness (QED) is 0.875. The topological polar surface area (TPSA) is 50.7 Å². The zero-order chi connectivity index (χ0) is 12.8. The Labute approximate surface area is 108 Å². The molecule has 0 fully saturated rings. The van der Waals surface area contributed by atoms with Gasteiger partial charge in [-0.25, -0.2) is 9.97 Å². The summed E-state index contributed by atoms with van der Waals surface area (Å²) in [6.45, 7) is 5.01. The first-order valence-electron chi connectivity index (χ1n) is 6.31. The molecule has 0 aliphatic rings. The second-order valence-electron chi connectivity index (χ2n) is 4.08. The summed E-state index contributed by atoms with van der Waals surface area (Å²) in [5.74, 6) is 1.80. The molecule has 0 aliphatic heterocycles. The van der Waals surface area contributed by atoms with E-state index < -0.39 is 0 Å². The minimum absolute atomic E-state index is 0.816. The smallest absolute Gasteiger partial charge is 0.130 e. The molecule has 0 saturated carbocycles. The average Bonchev–Trinajstić information content (AvgIpc) is 2.40. The second-order valence-corrected chi connectivity index (χ2v) is 4.08. The van der Waals surface area contributed by atoms with E-state index in [1.165, 1.54) is 5.56 Å². The molecule has 4 heteroatoms. The zero-order valence-corrected chi connectivity index (χ0v) is 10.8. The van der Waals surface area contributed by atoms with Gasteiger partial charge in [-0.3, -0.25) is 4.98 Å². The van der Waals surface area contributed by atoms with Gasteiger partial charge in [0.15, 0.2) is 0 Å². The van der Waals surface area contributed by atoms with Gasteiger partial charge >= 0.3 is 0 Å². The van der Waals surface area contributed by atoms with Crippen LogP contribution in [0.5, 0.6) is 0 Å². The number of hydrogen-bond acceptors (Lipinski definition) is 4. The summed E-state index contributed by atoms with van der Waals surface area (Å²) in [6, 6.07) is 6.05. The van der Waals surface area contributed by atoms with Crippen LogP contribution in [-0.4, -0.2) is 21.5 Å². The number of pyridine rings is 1. The summed E-state index contributed by atoms with van der Waals surface area (Å²) in [4.78, 5) is 13.0. The fraction of sp³-hybridized carbons (Fsp3) is 0.357. The van der Waals surface area contributed by atoms with Gasteiger partial charge in [-0.05, 0) is 24.6 Å². The Bertz CT molecular complexity index is 496. The number of nitrogens with zero attached hydrogens (tertiary/aromatic N) is 3.